The van der Waals surface area contributed by atoms with E-state index in [0.717, 1.165) is 12.0 Å². The Kier molecular flexibility index (Phi) is 5.95. The minimum Gasteiger partial charge on any atom is -0.492 e. The molecule has 212 valence electrons. The lowest BCUT2D eigenvalue weighted by Gasteiger charge is -2.49. The number of benzene rings is 1. The first-order valence-electron chi connectivity index (χ1n) is 12.5. The Bertz CT molecular complexity index is 1280. The van der Waals surface area contributed by atoms with Crippen molar-refractivity contribution in [3.05, 3.63) is 29.3 Å². The number of guanidine groups is 2. The molecule has 1 aromatic rings. The van der Waals surface area contributed by atoms with E-state index >= 15 is 0 Å². The minimum absolute atomic E-state index is 0.181. The van der Waals surface area contributed by atoms with Crippen LogP contribution in [0.2, 0.25) is 0 Å². The summed E-state index contributed by atoms with van der Waals surface area (Å²) in [6.07, 6.45) is 0.770. The van der Waals surface area contributed by atoms with Crippen LogP contribution in [0.4, 0.5) is 8.78 Å². The SMILES string of the molecule is CC(F)(F)C(=O)NC[C@@H]1N=C(N)N2CC(NC(=O)c3cccc4c3OCCC4(C)C)C(O)(O)[C@@]23NC(N)=N[C@@H]13. The molecule has 5 rings (SSSR count). The van der Waals surface area contributed by atoms with Gasteiger partial charge < -0.3 is 47.3 Å². The van der Waals surface area contributed by atoms with Crippen molar-refractivity contribution >= 4 is 23.7 Å². The standard InChI is InChI=1S/C24H32F2N8O5/c1-21(2)7-8-39-15-11(5-4-6-12(15)21)17(35)31-14-10-34-20(28)30-13(9-29-18(36)22(3,25)26)16-23(34,24(14,37)38)33-19(27)32-16/h4-6,13-14,16,37-38H,7-10H2,1-3H3,(H2,28,30)(H,29,36)(H,31,35)(H3,27,32,33)/t13-,14?,16-,23-/m0/s1. The van der Waals surface area contributed by atoms with E-state index in [0.29, 0.717) is 19.3 Å². The van der Waals surface area contributed by atoms with E-state index in [9.17, 15) is 28.6 Å². The van der Waals surface area contributed by atoms with Gasteiger partial charge in [-0.3, -0.25) is 9.59 Å². The van der Waals surface area contributed by atoms with Gasteiger partial charge in [0, 0.05) is 25.6 Å². The van der Waals surface area contributed by atoms with Gasteiger partial charge in [-0.25, -0.2) is 9.98 Å². The topological polar surface area (TPSA) is 200 Å². The van der Waals surface area contributed by atoms with Crippen molar-refractivity contribution in [3.8, 4) is 5.75 Å². The van der Waals surface area contributed by atoms with Crippen LogP contribution in [-0.2, 0) is 10.2 Å². The lowest BCUT2D eigenvalue weighted by molar-refractivity contribution is -0.230. The zero-order valence-corrected chi connectivity index (χ0v) is 21.7. The van der Waals surface area contributed by atoms with Crippen LogP contribution in [0.1, 0.15) is 43.1 Å². The number of hydrogen-bond acceptors (Lipinski definition) is 11. The van der Waals surface area contributed by atoms with Crippen molar-refractivity contribution in [3.63, 3.8) is 0 Å². The van der Waals surface area contributed by atoms with Gasteiger partial charge in [-0.05, 0) is 17.9 Å². The molecule has 1 unspecified atom stereocenters. The van der Waals surface area contributed by atoms with Gasteiger partial charge in [0.25, 0.3) is 11.8 Å². The fourth-order valence-electron chi connectivity index (χ4n) is 5.79. The van der Waals surface area contributed by atoms with Crippen LogP contribution in [0.15, 0.2) is 28.2 Å². The molecule has 1 aromatic carbocycles. The van der Waals surface area contributed by atoms with Crippen LogP contribution in [0.25, 0.3) is 0 Å². The van der Waals surface area contributed by atoms with Crippen molar-refractivity contribution in [2.24, 2.45) is 21.5 Å². The van der Waals surface area contributed by atoms with E-state index in [1.54, 1.807) is 12.1 Å². The second-order valence-corrected chi connectivity index (χ2v) is 11.0. The maximum absolute atomic E-state index is 13.5. The molecule has 39 heavy (non-hydrogen) atoms. The molecule has 2 amide bonds. The van der Waals surface area contributed by atoms with Crippen LogP contribution in [-0.4, -0.2) is 94.0 Å². The fraction of sp³-hybridized carbons (Fsp3) is 0.583. The van der Waals surface area contributed by atoms with Crippen molar-refractivity contribution in [2.75, 3.05) is 19.7 Å². The third kappa shape index (κ3) is 4.02. The van der Waals surface area contributed by atoms with E-state index in [1.807, 2.05) is 6.07 Å². The third-order valence-corrected chi connectivity index (χ3v) is 7.94. The number of nitrogens with one attached hydrogen (secondary N) is 3. The number of nitrogens with two attached hydrogens (primary N) is 2. The van der Waals surface area contributed by atoms with Gasteiger partial charge in [0.1, 0.15) is 17.8 Å². The molecule has 9 N–H and O–H groups in total. The van der Waals surface area contributed by atoms with Crippen LogP contribution in [0.5, 0.6) is 5.75 Å². The molecule has 0 aromatic heterocycles. The predicted octanol–water partition coefficient (Wildman–Crippen LogP) is -1.71. The third-order valence-electron chi connectivity index (χ3n) is 7.94. The minimum atomic E-state index is -3.64. The monoisotopic (exact) mass is 550 g/mol. The molecule has 4 aliphatic rings. The van der Waals surface area contributed by atoms with Gasteiger partial charge >= 0.3 is 5.92 Å². The highest BCUT2D eigenvalue weighted by molar-refractivity contribution is 5.98. The molecule has 4 heterocycles. The van der Waals surface area contributed by atoms with Crippen LogP contribution in [0.3, 0.4) is 0 Å². The summed E-state index contributed by atoms with van der Waals surface area (Å²) >= 11 is 0. The number of aliphatic imine (C=N–C) groups is 2. The summed E-state index contributed by atoms with van der Waals surface area (Å²) in [5, 5.41) is 30.6. The molecule has 0 saturated carbocycles. The van der Waals surface area contributed by atoms with Crippen molar-refractivity contribution in [1.82, 2.24) is 20.9 Å². The highest BCUT2D eigenvalue weighted by Crippen LogP contribution is 2.45. The first kappa shape index (κ1) is 26.9. The van der Waals surface area contributed by atoms with E-state index in [4.69, 9.17) is 16.2 Å². The summed E-state index contributed by atoms with van der Waals surface area (Å²) in [6, 6.07) is 1.64. The number of halogens is 2. The molecular formula is C24H32F2N8O5. The van der Waals surface area contributed by atoms with Gasteiger partial charge in [0.15, 0.2) is 17.6 Å². The summed E-state index contributed by atoms with van der Waals surface area (Å²) in [5.41, 5.74) is 11.1. The normalized spacial score (nSPS) is 30.0. The largest absolute Gasteiger partial charge is 0.492 e. The Morgan fingerprint density at radius 3 is 2.69 bits per heavy atom. The van der Waals surface area contributed by atoms with Gasteiger partial charge in [0.05, 0.1) is 18.2 Å². The Hall–Kier alpha value is -3.72. The van der Waals surface area contributed by atoms with Crippen LogP contribution >= 0.6 is 0 Å². The lowest BCUT2D eigenvalue weighted by Crippen LogP contribution is -2.78. The van der Waals surface area contributed by atoms with Gasteiger partial charge in [-0.15, -0.1) is 0 Å². The maximum Gasteiger partial charge on any atom is 0.321 e. The molecule has 15 heteroatoms. The summed E-state index contributed by atoms with van der Waals surface area (Å²) < 4.78 is 32.6. The number of amides is 2. The van der Waals surface area contributed by atoms with Crippen molar-refractivity contribution < 1.29 is 33.3 Å². The summed E-state index contributed by atoms with van der Waals surface area (Å²) in [5.74, 6) is -8.45. The zero-order chi connectivity index (χ0) is 28.5. The second-order valence-electron chi connectivity index (χ2n) is 11.0. The number of carbonyl (C=O) groups is 2. The van der Waals surface area contributed by atoms with Crippen molar-refractivity contribution in [1.29, 1.82) is 0 Å². The zero-order valence-electron chi connectivity index (χ0n) is 21.7. The number of ether oxygens (including phenoxy) is 1. The van der Waals surface area contributed by atoms with Crippen molar-refractivity contribution in [2.45, 2.75) is 68.1 Å². The fourth-order valence-corrected chi connectivity index (χ4v) is 5.79. The number of rotatable bonds is 5. The first-order valence-corrected chi connectivity index (χ1v) is 12.5. The predicted molar refractivity (Wildman–Crippen MR) is 135 cm³/mol. The molecule has 0 radical (unpaired) electrons. The van der Waals surface area contributed by atoms with E-state index in [2.05, 4.69) is 39.8 Å². The van der Waals surface area contributed by atoms with Gasteiger partial charge in [-0.2, -0.15) is 8.78 Å². The number of hydrogen-bond donors (Lipinski definition) is 7. The van der Waals surface area contributed by atoms with Gasteiger partial charge in [-0.1, -0.05) is 26.0 Å². The lowest BCUT2D eigenvalue weighted by atomic mass is 9.79. The number of fused-ring (bicyclic) bond motifs is 1. The molecule has 4 atom stereocenters. The Morgan fingerprint density at radius 1 is 1.28 bits per heavy atom. The highest BCUT2D eigenvalue weighted by Gasteiger charge is 2.73. The van der Waals surface area contributed by atoms with Crippen LogP contribution in [0, 0.1) is 0 Å². The van der Waals surface area contributed by atoms with Crippen LogP contribution < -0.4 is 32.2 Å². The quantitative estimate of drug-likeness (QED) is 0.209. The Morgan fingerprint density at radius 2 is 2.00 bits per heavy atom. The molecule has 1 saturated heterocycles. The average molecular weight is 551 g/mol. The Balaban J connectivity index is 1.43. The number of carbonyl (C=O) groups excluding carboxylic acids is 2. The summed E-state index contributed by atoms with van der Waals surface area (Å²) in [4.78, 5) is 35.0. The van der Waals surface area contributed by atoms with Gasteiger partial charge in [0.2, 0.25) is 5.79 Å². The molecule has 4 aliphatic heterocycles. The smallest absolute Gasteiger partial charge is 0.321 e. The number of aliphatic hydroxyl groups is 2. The van der Waals surface area contributed by atoms with E-state index < -0.39 is 53.9 Å². The molecular weight excluding hydrogens is 518 g/mol. The van der Waals surface area contributed by atoms with E-state index in [-0.39, 0.29) is 29.4 Å². The molecule has 1 fully saturated rings. The molecule has 1 spiro atoms. The Labute approximate surface area is 222 Å². The molecule has 0 bridgehead atoms. The maximum atomic E-state index is 13.5. The first-order chi connectivity index (χ1) is 18.1. The number of nitrogens with zero attached hydrogens (tertiary/aromatic N) is 3. The number of para-hydroxylation sites is 1. The second kappa shape index (κ2) is 8.64. The molecule has 0 aliphatic carbocycles. The average Bonchev–Trinajstić information content (AvgIpc) is 3.31. The van der Waals surface area contributed by atoms with E-state index in [1.165, 1.54) is 4.90 Å². The summed E-state index contributed by atoms with van der Waals surface area (Å²) in [6.45, 7) is 4.34. The summed E-state index contributed by atoms with van der Waals surface area (Å²) in [7, 11) is 0. The number of alkyl halides is 2. The molecule has 13 nitrogen and oxygen atoms in total. The highest BCUT2D eigenvalue weighted by atomic mass is 19.3.